The molecule has 0 radical (unpaired) electrons. The molecule has 108 valence electrons. The average molecular weight is 286 g/mol. The third kappa shape index (κ3) is 2.75. The molecule has 1 nitrogen and oxygen atoms in total. The Kier molecular flexibility index (Phi) is 3.40. The second-order valence-corrected chi connectivity index (χ2v) is 5.78. The third-order valence-electron chi connectivity index (χ3n) is 4.05. The van der Waals surface area contributed by atoms with Gasteiger partial charge in [0.05, 0.1) is 0 Å². The highest BCUT2D eigenvalue weighted by molar-refractivity contribution is 5.93. The van der Waals surface area contributed by atoms with Crippen LogP contribution in [0.2, 0.25) is 0 Å². The van der Waals surface area contributed by atoms with Gasteiger partial charge in [-0.15, -0.1) is 0 Å². The van der Waals surface area contributed by atoms with Crippen molar-refractivity contribution in [2.75, 3.05) is 0 Å². The monoisotopic (exact) mass is 286 g/mol. The fourth-order valence-corrected chi connectivity index (χ4v) is 2.71. The maximum atomic E-state index is 6.12. The lowest BCUT2D eigenvalue weighted by atomic mass is 10.0. The zero-order valence-electron chi connectivity index (χ0n) is 12.5. The lowest BCUT2D eigenvalue weighted by molar-refractivity contribution is 0.306. The van der Waals surface area contributed by atoms with E-state index in [0.717, 1.165) is 5.75 Å². The molecule has 1 aliphatic carbocycles. The predicted octanol–water partition coefficient (Wildman–Crippen LogP) is 5.60. The first kappa shape index (κ1) is 13.1. The Morgan fingerprint density at radius 3 is 2.41 bits per heavy atom. The highest BCUT2D eigenvalue weighted by atomic mass is 16.5. The summed E-state index contributed by atoms with van der Waals surface area (Å²) < 4.78 is 6.12. The van der Waals surface area contributed by atoms with Crippen LogP contribution in [0, 0.1) is 0 Å². The van der Waals surface area contributed by atoms with Crippen LogP contribution in [0.25, 0.3) is 16.8 Å². The summed E-state index contributed by atoms with van der Waals surface area (Å²) in [6, 6.07) is 23.1. The van der Waals surface area contributed by atoms with Gasteiger partial charge in [-0.3, -0.25) is 0 Å². The third-order valence-corrected chi connectivity index (χ3v) is 4.05. The van der Waals surface area contributed by atoms with Crippen molar-refractivity contribution >= 4 is 16.8 Å². The molecule has 4 rings (SSSR count). The second kappa shape index (κ2) is 5.69. The Morgan fingerprint density at radius 2 is 1.59 bits per heavy atom. The van der Waals surface area contributed by atoms with E-state index in [1.165, 1.54) is 40.3 Å². The maximum absolute atomic E-state index is 6.12. The van der Waals surface area contributed by atoms with Crippen LogP contribution in [-0.2, 0) is 6.61 Å². The molecule has 0 bridgehead atoms. The van der Waals surface area contributed by atoms with Crippen molar-refractivity contribution in [3.05, 3.63) is 83.4 Å². The van der Waals surface area contributed by atoms with Crippen molar-refractivity contribution in [1.82, 2.24) is 0 Å². The molecule has 0 saturated heterocycles. The smallest absolute Gasteiger partial charge is 0.127 e. The Bertz CT molecular complexity index is 825. The number of benzene rings is 3. The van der Waals surface area contributed by atoms with Crippen molar-refractivity contribution in [3.8, 4) is 5.75 Å². The molecule has 0 amide bonds. The number of hydrogen-bond donors (Lipinski definition) is 0. The minimum absolute atomic E-state index is 0.607. The molecule has 1 heteroatoms. The largest absolute Gasteiger partial charge is 0.488 e. The SMILES string of the molecule is C(=C1CC1)c1c(OCc2ccccc2)ccc2ccccc12. The first-order chi connectivity index (χ1) is 10.9. The Hall–Kier alpha value is -2.54. The van der Waals surface area contributed by atoms with Gasteiger partial charge in [0.25, 0.3) is 0 Å². The van der Waals surface area contributed by atoms with Crippen LogP contribution in [0.5, 0.6) is 5.75 Å². The van der Waals surface area contributed by atoms with Crippen LogP contribution in [0.4, 0.5) is 0 Å². The molecule has 0 N–H and O–H groups in total. The molecule has 22 heavy (non-hydrogen) atoms. The summed E-state index contributed by atoms with van der Waals surface area (Å²) in [5.41, 5.74) is 3.93. The molecular weight excluding hydrogens is 268 g/mol. The fourth-order valence-electron chi connectivity index (χ4n) is 2.71. The average Bonchev–Trinajstić information content (AvgIpc) is 3.39. The highest BCUT2D eigenvalue weighted by Crippen LogP contribution is 2.36. The van der Waals surface area contributed by atoms with Gasteiger partial charge in [-0.25, -0.2) is 0 Å². The van der Waals surface area contributed by atoms with Crippen LogP contribution < -0.4 is 4.74 Å². The van der Waals surface area contributed by atoms with E-state index in [-0.39, 0.29) is 0 Å². The van der Waals surface area contributed by atoms with Crippen molar-refractivity contribution in [1.29, 1.82) is 0 Å². The summed E-state index contributed by atoms with van der Waals surface area (Å²) in [6.07, 6.45) is 4.76. The van der Waals surface area contributed by atoms with Gasteiger partial charge in [-0.1, -0.05) is 72.3 Å². The second-order valence-electron chi connectivity index (χ2n) is 5.78. The number of allylic oxidation sites excluding steroid dienone is 1. The van der Waals surface area contributed by atoms with Gasteiger partial charge < -0.3 is 4.74 Å². The van der Waals surface area contributed by atoms with Crippen LogP contribution in [-0.4, -0.2) is 0 Å². The van der Waals surface area contributed by atoms with E-state index in [1.54, 1.807) is 0 Å². The molecule has 0 aliphatic heterocycles. The van der Waals surface area contributed by atoms with Crippen molar-refractivity contribution < 1.29 is 4.74 Å². The molecule has 0 heterocycles. The molecule has 3 aromatic rings. The first-order valence-corrected chi connectivity index (χ1v) is 7.78. The van der Waals surface area contributed by atoms with E-state index in [4.69, 9.17) is 4.74 Å². The number of rotatable bonds is 4. The fraction of sp³-hybridized carbons (Fsp3) is 0.143. The van der Waals surface area contributed by atoms with E-state index >= 15 is 0 Å². The standard InChI is InChI=1S/C21H18O/c1-2-6-17(7-3-1)15-22-21-13-12-18-8-4-5-9-19(18)20(21)14-16-10-11-16/h1-9,12-14H,10-11,15H2. The number of hydrogen-bond acceptors (Lipinski definition) is 1. The van der Waals surface area contributed by atoms with Gasteiger partial charge in [0, 0.05) is 5.56 Å². The van der Waals surface area contributed by atoms with E-state index in [9.17, 15) is 0 Å². The Morgan fingerprint density at radius 1 is 0.818 bits per heavy atom. The number of fused-ring (bicyclic) bond motifs is 1. The minimum Gasteiger partial charge on any atom is -0.488 e. The summed E-state index contributed by atoms with van der Waals surface area (Å²) in [6.45, 7) is 0.607. The molecule has 1 fully saturated rings. The minimum atomic E-state index is 0.607. The van der Waals surface area contributed by atoms with E-state index in [0.29, 0.717) is 6.61 Å². The molecular formula is C21H18O. The van der Waals surface area contributed by atoms with Gasteiger partial charge in [0.2, 0.25) is 0 Å². The topological polar surface area (TPSA) is 9.23 Å². The summed E-state index contributed by atoms with van der Waals surface area (Å²) in [5.74, 6) is 0.974. The van der Waals surface area contributed by atoms with Crippen LogP contribution in [0.1, 0.15) is 24.0 Å². The molecule has 0 aromatic heterocycles. The van der Waals surface area contributed by atoms with Gasteiger partial charge in [0.1, 0.15) is 12.4 Å². The summed E-state index contributed by atoms with van der Waals surface area (Å²) in [7, 11) is 0. The molecule has 1 aliphatic rings. The summed E-state index contributed by atoms with van der Waals surface area (Å²) in [4.78, 5) is 0. The number of ether oxygens (including phenoxy) is 1. The predicted molar refractivity (Wildman–Crippen MR) is 91.9 cm³/mol. The molecule has 0 atom stereocenters. The quantitative estimate of drug-likeness (QED) is 0.607. The summed E-state index contributed by atoms with van der Waals surface area (Å²) >= 11 is 0. The van der Waals surface area contributed by atoms with E-state index in [1.807, 2.05) is 18.2 Å². The van der Waals surface area contributed by atoms with Crippen molar-refractivity contribution in [3.63, 3.8) is 0 Å². The van der Waals surface area contributed by atoms with Crippen LogP contribution in [0.15, 0.2) is 72.3 Å². The summed E-state index contributed by atoms with van der Waals surface area (Å²) in [5, 5.41) is 2.54. The lowest BCUT2D eigenvalue weighted by Crippen LogP contribution is -1.97. The Labute approximate surface area is 130 Å². The van der Waals surface area contributed by atoms with Crippen molar-refractivity contribution in [2.24, 2.45) is 0 Å². The van der Waals surface area contributed by atoms with Gasteiger partial charge in [-0.05, 0) is 35.2 Å². The van der Waals surface area contributed by atoms with E-state index < -0.39 is 0 Å². The zero-order chi connectivity index (χ0) is 14.8. The molecule has 0 spiro atoms. The van der Waals surface area contributed by atoms with Gasteiger partial charge in [-0.2, -0.15) is 0 Å². The van der Waals surface area contributed by atoms with Crippen LogP contribution in [0.3, 0.4) is 0 Å². The molecule has 3 aromatic carbocycles. The Balaban J connectivity index is 1.71. The van der Waals surface area contributed by atoms with Gasteiger partial charge >= 0.3 is 0 Å². The normalized spacial score (nSPS) is 13.2. The molecule has 0 unspecified atom stereocenters. The van der Waals surface area contributed by atoms with E-state index in [2.05, 4.69) is 54.6 Å². The first-order valence-electron chi connectivity index (χ1n) is 7.78. The highest BCUT2D eigenvalue weighted by Gasteiger charge is 2.14. The van der Waals surface area contributed by atoms with Crippen molar-refractivity contribution in [2.45, 2.75) is 19.4 Å². The maximum Gasteiger partial charge on any atom is 0.127 e. The zero-order valence-corrected chi connectivity index (χ0v) is 12.5. The lowest BCUT2D eigenvalue weighted by Gasteiger charge is -2.12. The van der Waals surface area contributed by atoms with Crippen LogP contribution >= 0.6 is 0 Å². The van der Waals surface area contributed by atoms with Gasteiger partial charge in [0.15, 0.2) is 0 Å². The molecule has 1 saturated carbocycles.